The summed E-state index contributed by atoms with van der Waals surface area (Å²) >= 11 is 0. The molecule has 5 rings (SSSR count). The Kier molecular flexibility index (Phi) is 11.1. The SMILES string of the molecule is CC(C)(C)OC(=O)NC(C)(C)C(=O)N[C@H](COCc1ccccc1)C(=O)Nc1cn(C(C)(C(=O)N2CCCC2)c2ccc3ccccc3c2)cn1. The summed E-state index contributed by atoms with van der Waals surface area (Å²) in [4.78, 5) is 60.3. The first-order valence-electron chi connectivity index (χ1n) is 17.2. The topological polar surface area (TPSA) is 144 Å². The van der Waals surface area contributed by atoms with Crippen LogP contribution in [0.2, 0.25) is 0 Å². The van der Waals surface area contributed by atoms with Crippen molar-refractivity contribution >= 4 is 40.4 Å². The third-order valence-electron chi connectivity index (χ3n) is 8.87. The van der Waals surface area contributed by atoms with Crippen LogP contribution in [-0.4, -0.2) is 75.1 Å². The van der Waals surface area contributed by atoms with Crippen molar-refractivity contribution in [2.75, 3.05) is 25.0 Å². The van der Waals surface area contributed by atoms with E-state index in [0.717, 1.165) is 34.7 Å². The molecule has 0 spiro atoms. The van der Waals surface area contributed by atoms with Crippen molar-refractivity contribution in [3.63, 3.8) is 0 Å². The summed E-state index contributed by atoms with van der Waals surface area (Å²) in [7, 11) is 0. The molecule has 12 heteroatoms. The maximum absolute atomic E-state index is 14.2. The monoisotopic (exact) mass is 696 g/mol. The fourth-order valence-corrected chi connectivity index (χ4v) is 5.95. The Morgan fingerprint density at radius 3 is 2.22 bits per heavy atom. The van der Waals surface area contributed by atoms with Gasteiger partial charge in [-0.15, -0.1) is 0 Å². The van der Waals surface area contributed by atoms with Gasteiger partial charge >= 0.3 is 6.09 Å². The number of hydrogen-bond donors (Lipinski definition) is 3. The second-order valence-corrected chi connectivity index (χ2v) is 14.6. The molecule has 12 nitrogen and oxygen atoms in total. The highest BCUT2D eigenvalue weighted by Crippen LogP contribution is 2.33. The minimum Gasteiger partial charge on any atom is -0.444 e. The zero-order chi connectivity index (χ0) is 36.8. The molecular formula is C39H48N6O6. The second-order valence-electron chi connectivity index (χ2n) is 14.6. The van der Waals surface area contributed by atoms with E-state index in [1.807, 2.05) is 84.6 Å². The van der Waals surface area contributed by atoms with Crippen LogP contribution in [0.25, 0.3) is 10.8 Å². The lowest BCUT2D eigenvalue weighted by Gasteiger charge is -2.34. The summed E-state index contributed by atoms with van der Waals surface area (Å²) in [5.74, 6) is -1.09. The molecule has 1 aliphatic rings. The van der Waals surface area contributed by atoms with Gasteiger partial charge in [-0.3, -0.25) is 14.4 Å². The number of aromatic nitrogens is 2. The lowest BCUT2D eigenvalue weighted by molar-refractivity contribution is -0.137. The number of hydrogen-bond acceptors (Lipinski definition) is 7. The number of ether oxygens (including phenoxy) is 2. The lowest BCUT2D eigenvalue weighted by Crippen LogP contribution is -2.59. The summed E-state index contributed by atoms with van der Waals surface area (Å²) in [6, 6.07) is 22.2. The van der Waals surface area contributed by atoms with E-state index in [1.165, 1.54) is 20.2 Å². The van der Waals surface area contributed by atoms with E-state index in [2.05, 4.69) is 20.9 Å². The molecule has 0 aliphatic carbocycles. The normalized spacial score (nSPS) is 15.1. The molecule has 2 atom stereocenters. The van der Waals surface area contributed by atoms with Crippen molar-refractivity contribution in [1.82, 2.24) is 25.1 Å². The van der Waals surface area contributed by atoms with Crippen LogP contribution >= 0.6 is 0 Å². The Labute approximate surface area is 298 Å². The van der Waals surface area contributed by atoms with Crippen molar-refractivity contribution in [1.29, 1.82) is 0 Å². The summed E-state index contributed by atoms with van der Waals surface area (Å²) in [6.07, 6.45) is 4.26. The Morgan fingerprint density at radius 1 is 0.863 bits per heavy atom. The number of alkyl carbamates (subject to hydrolysis) is 1. The number of imidazole rings is 1. The molecular weight excluding hydrogens is 648 g/mol. The molecule has 1 saturated heterocycles. The molecule has 0 radical (unpaired) electrons. The number of fused-ring (bicyclic) bond motifs is 1. The van der Waals surface area contributed by atoms with E-state index in [0.29, 0.717) is 13.1 Å². The largest absolute Gasteiger partial charge is 0.444 e. The highest BCUT2D eigenvalue weighted by molar-refractivity contribution is 5.99. The molecule has 4 amide bonds. The number of anilines is 1. The smallest absolute Gasteiger partial charge is 0.408 e. The number of carbonyl (C=O) groups excluding carboxylic acids is 4. The van der Waals surface area contributed by atoms with Crippen molar-refractivity contribution in [2.45, 2.75) is 83.7 Å². The number of carbonyl (C=O) groups is 4. The van der Waals surface area contributed by atoms with Crippen LogP contribution in [0.15, 0.2) is 85.3 Å². The first-order chi connectivity index (χ1) is 24.2. The van der Waals surface area contributed by atoms with Crippen molar-refractivity contribution in [3.05, 3.63) is 96.4 Å². The van der Waals surface area contributed by atoms with E-state index < -0.39 is 40.6 Å². The zero-order valence-electron chi connectivity index (χ0n) is 30.2. The molecule has 3 N–H and O–H groups in total. The Hall–Kier alpha value is -5.23. The van der Waals surface area contributed by atoms with Crippen LogP contribution in [0.1, 0.15) is 65.5 Å². The van der Waals surface area contributed by atoms with Crippen molar-refractivity contribution < 1.29 is 28.7 Å². The van der Waals surface area contributed by atoms with Gasteiger partial charge in [-0.2, -0.15) is 0 Å². The van der Waals surface area contributed by atoms with Gasteiger partial charge in [-0.25, -0.2) is 9.78 Å². The summed E-state index contributed by atoms with van der Waals surface area (Å²) < 4.78 is 12.9. The van der Waals surface area contributed by atoms with Gasteiger partial charge in [0.2, 0.25) is 5.91 Å². The zero-order valence-corrected chi connectivity index (χ0v) is 30.2. The van der Waals surface area contributed by atoms with Crippen molar-refractivity contribution in [2.24, 2.45) is 0 Å². The van der Waals surface area contributed by atoms with Crippen molar-refractivity contribution in [3.8, 4) is 0 Å². The van der Waals surface area contributed by atoms with Crippen LogP contribution in [0.3, 0.4) is 0 Å². The Bertz CT molecular complexity index is 1860. The number of nitrogens with zero attached hydrogens (tertiary/aromatic N) is 3. The number of benzene rings is 3. The number of nitrogens with one attached hydrogen (secondary N) is 3. The van der Waals surface area contributed by atoms with Crippen LogP contribution in [-0.2, 0) is 36.0 Å². The van der Waals surface area contributed by atoms with Gasteiger partial charge in [-0.1, -0.05) is 66.7 Å². The second kappa shape index (κ2) is 15.3. The van der Waals surface area contributed by atoms with E-state index in [9.17, 15) is 19.2 Å². The average Bonchev–Trinajstić information content (AvgIpc) is 3.79. The maximum Gasteiger partial charge on any atom is 0.408 e. The highest BCUT2D eigenvalue weighted by Gasteiger charge is 2.41. The number of rotatable bonds is 12. The minimum absolute atomic E-state index is 0.0651. The standard InChI is InChI=1S/C39H48N6O6/c1-37(2,3)51-36(49)43-38(4,5)34(47)41-31(25-50-24-27-14-8-7-9-15-27)33(46)42-32-23-45(26-40-32)39(6,35(48)44-20-12-13-21-44)30-19-18-28-16-10-11-17-29(28)22-30/h7-11,14-19,22-23,26,31H,12-13,20-21,24-25H2,1-6H3,(H,41,47)(H,42,46)(H,43,49)/t31-,39?/m1/s1. The third kappa shape index (κ3) is 9.12. The predicted molar refractivity (Wildman–Crippen MR) is 195 cm³/mol. The van der Waals surface area contributed by atoms with Gasteiger partial charge in [-0.05, 0) is 82.3 Å². The molecule has 4 aromatic rings. The highest BCUT2D eigenvalue weighted by atomic mass is 16.6. The van der Waals surface area contributed by atoms with Gasteiger partial charge in [0.05, 0.1) is 19.5 Å². The molecule has 51 heavy (non-hydrogen) atoms. The van der Waals surface area contributed by atoms with Crippen LogP contribution in [0, 0.1) is 0 Å². The van der Waals surface area contributed by atoms with Crippen LogP contribution in [0.4, 0.5) is 10.6 Å². The van der Waals surface area contributed by atoms with Gasteiger partial charge in [0.1, 0.15) is 22.7 Å². The van der Waals surface area contributed by atoms with Gasteiger partial charge < -0.3 is 34.9 Å². The Balaban J connectivity index is 1.38. The molecule has 0 bridgehead atoms. The number of amides is 4. The quantitative estimate of drug-likeness (QED) is 0.181. The van der Waals surface area contributed by atoms with Gasteiger partial charge in [0.25, 0.3) is 11.8 Å². The molecule has 1 unspecified atom stereocenters. The van der Waals surface area contributed by atoms with Gasteiger partial charge in [0, 0.05) is 19.3 Å². The molecule has 270 valence electrons. The molecule has 1 fully saturated rings. The van der Waals surface area contributed by atoms with E-state index >= 15 is 0 Å². The third-order valence-corrected chi connectivity index (χ3v) is 8.87. The molecule has 3 aromatic carbocycles. The fourth-order valence-electron chi connectivity index (χ4n) is 5.95. The minimum atomic E-state index is -1.43. The van der Waals surface area contributed by atoms with Crippen LogP contribution < -0.4 is 16.0 Å². The fraction of sp³-hybridized carbons (Fsp3) is 0.410. The average molecular weight is 697 g/mol. The summed E-state index contributed by atoms with van der Waals surface area (Å²) in [5, 5.41) is 10.2. The Morgan fingerprint density at radius 2 is 1.53 bits per heavy atom. The molecule has 0 saturated carbocycles. The summed E-state index contributed by atoms with van der Waals surface area (Å²) in [5.41, 5.74) is -1.68. The lowest BCUT2D eigenvalue weighted by atomic mass is 9.88. The predicted octanol–water partition coefficient (Wildman–Crippen LogP) is 5.37. The van der Waals surface area contributed by atoms with Gasteiger partial charge in [0.15, 0.2) is 5.82 Å². The number of likely N-dealkylation sites (tertiary alicyclic amines) is 1. The van der Waals surface area contributed by atoms with Crippen LogP contribution in [0.5, 0.6) is 0 Å². The molecule has 1 aromatic heterocycles. The molecule has 1 aliphatic heterocycles. The van der Waals surface area contributed by atoms with E-state index in [-0.39, 0.29) is 24.9 Å². The first kappa shape index (κ1) is 37.0. The summed E-state index contributed by atoms with van der Waals surface area (Å²) in [6.45, 7) is 11.4. The van der Waals surface area contributed by atoms with E-state index in [4.69, 9.17) is 9.47 Å². The first-order valence-corrected chi connectivity index (χ1v) is 17.2. The maximum atomic E-state index is 14.2. The molecule has 2 heterocycles. The van der Waals surface area contributed by atoms with E-state index in [1.54, 1.807) is 31.5 Å².